The minimum absolute atomic E-state index is 0.0548. The molecule has 3 N–H and O–H groups in total. The van der Waals surface area contributed by atoms with Crippen LogP contribution in [0.2, 0.25) is 0 Å². The van der Waals surface area contributed by atoms with Crippen molar-refractivity contribution >= 4 is 17.6 Å². The highest BCUT2D eigenvalue weighted by Crippen LogP contribution is 2.27. The van der Waals surface area contributed by atoms with Crippen molar-refractivity contribution in [3.8, 4) is 0 Å². The number of carbonyl (C=O) groups excluding carboxylic acids is 1. The van der Waals surface area contributed by atoms with Crippen molar-refractivity contribution in [3.63, 3.8) is 0 Å². The third-order valence-electron chi connectivity index (χ3n) is 4.09. The number of nitrogens with zero attached hydrogens (tertiary/aromatic N) is 2. The Morgan fingerprint density at radius 1 is 1.57 bits per heavy atom. The normalized spacial score (nSPS) is 20.0. The van der Waals surface area contributed by atoms with Crippen molar-refractivity contribution in [2.24, 2.45) is 11.8 Å². The monoisotopic (exact) mass is 291 g/mol. The van der Waals surface area contributed by atoms with Crippen LogP contribution >= 0.6 is 0 Å². The summed E-state index contributed by atoms with van der Waals surface area (Å²) in [6.07, 6.45) is 3.53. The van der Waals surface area contributed by atoms with Gasteiger partial charge in [0.25, 0.3) is 5.91 Å². The molecule has 1 aliphatic heterocycles. The number of aromatic nitrogens is 1. The van der Waals surface area contributed by atoms with E-state index in [2.05, 4.69) is 4.98 Å². The van der Waals surface area contributed by atoms with Crippen molar-refractivity contribution < 1.29 is 14.7 Å². The topological polar surface area (TPSA) is 96.5 Å². The highest BCUT2D eigenvalue weighted by molar-refractivity contribution is 5.97. The van der Waals surface area contributed by atoms with Crippen LogP contribution in [-0.4, -0.2) is 40.0 Å². The van der Waals surface area contributed by atoms with Gasteiger partial charge in [-0.15, -0.1) is 0 Å². The van der Waals surface area contributed by atoms with E-state index < -0.39 is 5.97 Å². The van der Waals surface area contributed by atoms with Crippen molar-refractivity contribution in [1.29, 1.82) is 0 Å². The van der Waals surface area contributed by atoms with Gasteiger partial charge in [-0.1, -0.05) is 6.92 Å². The molecule has 2 heterocycles. The van der Waals surface area contributed by atoms with Gasteiger partial charge >= 0.3 is 5.97 Å². The summed E-state index contributed by atoms with van der Waals surface area (Å²) in [5.74, 6) is -0.692. The third-order valence-corrected chi connectivity index (χ3v) is 4.09. The number of hydrogen-bond donors (Lipinski definition) is 2. The van der Waals surface area contributed by atoms with Crippen LogP contribution in [0.5, 0.6) is 0 Å². The Morgan fingerprint density at radius 2 is 2.33 bits per heavy atom. The van der Waals surface area contributed by atoms with E-state index in [1.54, 1.807) is 23.2 Å². The Morgan fingerprint density at radius 3 is 3.00 bits per heavy atom. The molecule has 21 heavy (non-hydrogen) atoms. The number of amides is 1. The molecule has 1 aliphatic rings. The number of hydrogen-bond acceptors (Lipinski definition) is 4. The maximum Gasteiger partial charge on any atom is 0.303 e. The van der Waals surface area contributed by atoms with Crippen LogP contribution in [0.1, 0.15) is 36.7 Å². The van der Waals surface area contributed by atoms with Gasteiger partial charge in [-0.3, -0.25) is 9.59 Å². The molecule has 0 radical (unpaired) electrons. The molecule has 1 fully saturated rings. The zero-order valence-electron chi connectivity index (χ0n) is 12.2. The first-order valence-corrected chi connectivity index (χ1v) is 7.20. The maximum atomic E-state index is 12.5. The molecule has 1 aromatic heterocycles. The van der Waals surface area contributed by atoms with E-state index in [4.69, 9.17) is 10.8 Å². The molecule has 2 unspecified atom stereocenters. The van der Waals surface area contributed by atoms with Gasteiger partial charge in [-0.2, -0.15) is 0 Å². The molecule has 114 valence electrons. The van der Waals surface area contributed by atoms with Crippen molar-refractivity contribution in [3.05, 3.63) is 24.0 Å². The number of likely N-dealkylation sites (tertiary alicyclic amines) is 1. The van der Waals surface area contributed by atoms with Gasteiger partial charge in [0.15, 0.2) is 5.69 Å². The highest BCUT2D eigenvalue weighted by atomic mass is 16.4. The van der Waals surface area contributed by atoms with E-state index in [1.165, 1.54) is 0 Å². The lowest BCUT2D eigenvalue weighted by atomic mass is 9.84. The summed E-state index contributed by atoms with van der Waals surface area (Å²) in [6, 6.07) is 3.36. The summed E-state index contributed by atoms with van der Waals surface area (Å²) in [5.41, 5.74) is 6.46. The number of anilines is 1. The molecule has 1 amide bonds. The van der Waals surface area contributed by atoms with E-state index >= 15 is 0 Å². The fourth-order valence-corrected chi connectivity index (χ4v) is 2.85. The molecule has 2 rings (SSSR count). The van der Waals surface area contributed by atoms with Gasteiger partial charge < -0.3 is 15.7 Å². The summed E-state index contributed by atoms with van der Waals surface area (Å²) in [5, 5.41) is 8.90. The Kier molecular flexibility index (Phi) is 4.77. The van der Waals surface area contributed by atoms with Gasteiger partial charge in [0.05, 0.1) is 5.69 Å². The van der Waals surface area contributed by atoms with Gasteiger partial charge in [0, 0.05) is 25.7 Å². The molecule has 0 spiro atoms. The lowest BCUT2D eigenvalue weighted by Gasteiger charge is -2.35. The number of carboxylic acids is 1. The Bertz CT molecular complexity index is 533. The lowest BCUT2D eigenvalue weighted by Crippen LogP contribution is -2.42. The molecule has 1 aromatic rings. The number of piperidine rings is 1. The van der Waals surface area contributed by atoms with Crippen LogP contribution in [0.4, 0.5) is 5.69 Å². The zero-order chi connectivity index (χ0) is 15.4. The molecule has 1 saturated heterocycles. The zero-order valence-corrected chi connectivity index (χ0v) is 12.2. The number of carbonyl (C=O) groups is 2. The molecule has 0 aliphatic carbocycles. The van der Waals surface area contributed by atoms with Crippen LogP contribution in [-0.2, 0) is 4.79 Å². The average Bonchev–Trinajstić information content (AvgIpc) is 2.46. The number of aliphatic carboxylic acids is 1. The molecule has 0 aromatic carbocycles. The number of carboxylic acid groups (broad SMARTS) is 1. The number of pyridine rings is 1. The Hall–Kier alpha value is -2.11. The molecule has 6 heteroatoms. The van der Waals surface area contributed by atoms with E-state index in [0.717, 1.165) is 12.8 Å². The van der Waals surface area contributed by atoms with Gasteiger partial charge in [-0.05, 0) is 36.8 Å². The summed E-state index contributed by atoms with van der Waals surface area (Å²) < 4.78 is 0. The molecule has 0 saturated carbocycles. The van der Waals surface area contributed by atoms with Crippen molar-refractivity contribution in [2.45, 2.75) is 26.2 Å². The minimum atomic E-state index is -0.792. The summed E-state index contributed by atoms with van der Waals surface area (Å²) in [7, 11) is 0. The van der Waals surface area contributed by atoms with Crippen molar-refractivity contribution in [2.75, 3.05) is 18.8 Å². The quantitative estimate of drug-likeness (QED) is 0.878. The third kappa shape index (κ3) is 3.71. The first kappa shape index (κ1) is 15.3. The second kappa shape index (κ2) is 6.56. The Balaban J connectivity index is 2.05. The second-order valence-corrected chi connectivity index (χ2v) is 5.67. The number of nitrogens with two attached hydrogens (primary N) is 1. The largest absolute Gasteiger partial charge is 0.481 e. The molecule has 0 bridgehead atoms. The summed E-state index contributed by atoms with van der Waals surface area (Å²) >= 11 is 0. The van der Waals surface area contributed by atoms with E-state index in [0.29, 0.717) is 18.8 Å². The first-order chi connectivity index (χ1) is 9.99. The van der Waals surface area contributed by atoms with Crippen LogP contribution in [0.15, 0.2) is 18.3 Å². The standard InChI is InChI=1S/C15H21N3O3/c1-10(8-13(19)20)11-4-3-7-18(9-11)15(21)14-12(16)5-2-6-17-14/h2,5-6,10-11H,3-4,7-9,16H2,1H3,(H,19,20). The van der Waals surface area contributed by atoms with Gasteiger partial charge in [0.1, 0.15) is 0 Å². The summed E-state index contributed by atoms with van der Waals surface area (Å²) in [4.78, 5) is 29.1. The lowest BCUT2D eigenvalue weighted by molar-refractivity contribution is -0.138. The average molecular weight is 291 g/mol. The second-order valence-electron chi connectivity index (χ2n) is 5.67. The predicted octanol–water partition coefficient (Wildman–Crippen LogP) is 1.63. The van der Waals surface area contributed by atoms with Crippen LogP contribution in [0, 0.1) is 11.8 Å². The fraction of sp³-hybridized carbons (Fsp3) is 0.533. The highest BCUT2D eigenvalue weighted by Gasteiger charge is 2.29. The van der Waals surface area contributed by atoms with E-state index in [1.807, 2.05) is 6.92 Å². The van der Waals surface area contributed by atoms with E-state index in [9.17, 15) is 9.59 Å². The minimum Gasteiger partial charge on any atom is -0.481 e. The molecular weight excluding hydrogens is 270 g/mol. The predicted molar refractivity (Wildman–Crippen MR) is 78.7 cm³/mol. The number of rotatable bonds is 4. The van der Waals surface area contributed by atoms with E-state index in [-0.39, 0.29) is 29.9 Å². The summed E-state index contributed by atoms with van der Waals surface area (Å²) in [6.45, 7) is 3.18. The SMILES string of the molecule is CC(CC(=O)O)C1CCCN(C(=O)c2ncccc2N)C1. The van der Waals surface area contributed by atoms with Gasteiger partial charge in [-0.25, -0.2) is 4.98 Å². The fourth-order valence-electron chi connectivity index (χ4n) is 2.85. The van der Waals surface area contributed by atoms with Crippen LogP contribution in [0.3, 0.4) is 0 Å². The molecule has 6 nitrogen and oxygen atoms in total. The van der Waals surface area contributed by atoms with Crippen LogP contribution < -0.4 is 5.73 Å². The smallest absolute Gasteiger partial charge is 0.303 e. The first-order valence-electron chi connectivity index (χ1n) is 7.20. The molecule has 2 atom stereocenters. The van der Waals surface area contributed by atoms with Gasteiger partial charge in [0.2, 0.25) is 0 Å². The maximum absolute atomic E-state index is 12.5. The number of nitrogen functional groups attached to an aromatic ring is 1. The van der Waals surface area contributed by atoms with Crippen molar-refractivity contribution in [1.82, 2.24) is 9.88 Å². The Labute approximate surface area is 124 Å². The molecular formula is C15H21N3O3. The van der Waals surface area contributed by atoms with Crippen LogP contribution in [0.25, 0.3) is 0 Å².